The second-order valence-electron chi connectivity index (χ2n) is 8.25. The minimum absolute atomic E-state index is 0. The van der Waals surface area contributed by atoms with Crippen LogP contribution in [0.1, 0.15) is 54.4 Å². The maximum atomic E-state index is 8.48. The van der Waals surface area contributed by atoms with Crippen LogP contribution in [0.3, 0.4) is 0 Å². The summed E-state index contributed by atoms with van der Waals surface area (Å²) in [5.41, 5.74) is 0. The SMILES string of the molecule is CCC(C)(C)[S-].CCC(C)(C)[S-].OCCN(CCO)CCO.OCCN(CCO)CCO.[Ti].[Ti]. The van der Waals surface area contributed by atoms with E-state index in [4.69, 9.17) is 55.9 Å². The van der Waals surface area contributed by atoms with E-state index in [-0.39, 0.29) is 92.6 Å². The number of aliphatic hydroxyl groups excluding tert-OH is 6. The molecule has 0 rings (SSSR count). The van der Waals surface area contributed by atoms with Crippen LogP contribution in [0.25, 0.3) is 0 Å². The zero-order chi connectivity index (χ0) is 26.1. The van der Waals surface area contributed by atoms with Crippen molar-refractivity contribution in [2.45, 2.75) is 63.9 Å². The van der Waals surface area contributed by atoms with Gasteiger partial charge in [0.2, 0.25) is 0 Å². The molecule has 0 aromatic heterocycles. The summed E-state index contributed by atoms with van der Waals surface area (Å²) >= 11 is 9.97. The largest absolute Gasteiger partial charge is 0.786 e. The fourth-order valence-corrected chi connectivity index (χ4v) is 1.52. The molecule has 8 nitrogen and oxygen atoms in total. The molecule has 0 aromatic carbocycles. The predicted octanol–water partition coefficient (Wildman–Crippen LogP) is -0.0306. The van der Waals surface area contributed by atoms with Crippen molar-refractivity contribution in [3.63, 3.8) is 0 Å². The van der Waals surface area contributed by atoms with Crippen molar-refractivity contribution in [2.75, 3.05) is 78.9 Å². The first-order chi connectivity index (χ1) is 14.8. The van der Waals surface area contributed by atoms with Crippen molar-refractivity contribution in [2.24, 2.45) is 0 Å². The van der Waals surface area contributed by atoms with Gasteiger partial charge in [-0.15, -0.1) is 0 Å². The van der Waals surface area contributed by atoms with Crippen molar-refractivity contribution in [1.29, 1.82) is 0 Å². The summed E-state index contributed by atoms with van der Waals surface area (Å²) in [6.07, 6.45) is 2.17. The van der Waals surface area contributed by atoms with Gasteiger partial charge in [-0.2, -0.15) is 9.49 Å². The summed E-state index contributed by atoms with van der Waals surface area (Å²) in [6.45, 7) is 15.9. The first kappa shape index (κ1) is 48.8. The van der Waals surface area contributed by atoms with E-state index in [1.54, 1.807) is 9.80 Å². The van der Waals surface area contributed by atoms with Gasteiger partial charge >= 0.3 is 0 Å². The average molecular weight is 601 g/mol. The predicted molar refractivity (Wildman–Crippen MR) is 139 cm³/mol. The van der Waals surface area contributed by atoms with Crippen molar-refractivity contribution in [3.05, 3.63) is 0 Å². The Morgan fingerprint density at radius 1 is 0.471 bits per heavy atom. The van der Waals surface area contributed by atoms with Gasteiger partial charge in [0.1, 0.15) is 0 Å². The fourth-order valence-electron chi connectivity index (χ4n) is 1.52. The average Bonchev–Trinajstić information content (AvgIpc) is 2.70. The monoisotopic (exact) mass is 600 g/mol. The molecule has 0 unspecified atom stereocenters. The Kier molecular flexibility index (Phi) is 50.0. The summed E-state index contributed by atoms with van der Waals surface area (Å²) in [5.74, 6) is 0. The third-order valence-corrected chi connectivity index (χ3v) is 4.78. The number of hydrogen-bond acceptors (Lipinski definition) is 10. The van der Waals surface area contributed by atoms with Crippen molar-refractivity contribution >= 4 is 25.3 Å². The summed E-state index contributed by atoms with van der Waals surface area (Å²) in [6, 6.07) is 0. The molecule has 0 aliphatic heterocycles. The molecule has 0 saturated carbocycles. The van der Waals surface area contributed by atoms with E-state index in [1.807, 2.05) is 0 Å². The third kappa shape index (κ3) is 54.6. The van der Waals surface area contributed by atoms with Crippen LogP contribution in [0.4, 0.5) is 0 Å². The van der Waals surface area contributed by atoms with Gasteiger partial charge in [0.25, 0.3) is 0 Å². The van der Waals surface area contributed by atoms with Gasteiger partial charge in [0.15, 0.2) is 0 Å². The van der Waals surface area contributed by atoms with Crippen LogP contribution in [-0.4, -0.2) is 129 Å². The molecule has 0 spiro atoms. The van der Waals surface area contributed by atoms with E-state index < -0.39 is 0 Å². The van der Waals surface area contributed by atoms with E-state index in [2.05, 4.69) is 41.5 Å². The number of rotatable bonds is 14. The van der Waals surface area contributed by atoms with E-state index in [0.717, 1.165) is 12.8 Å². The van der Waals surface area contributed by atoms with Gasteiger partial charge in [0.05, 0.1) is 39.6 Å². The number of nitrogens with zero attached hydrogens (tertiary/aromatic N) is 2. The molecule has 0 radical (unpaired) electrons. The van der Waals surface area contributed by atoms with Crippen LogP contribution in [0, 0.1) is 0 Å². The molecular formula is C22H52N2O6S2Ti2-2. The van der Waals surface area contributed by atoms with E-state index in [9.17, 15) is 0 Å². The Bertz CT molecular complexity index is 294. The molecule has 0 saturated heterocycles. The summed E-state index contributed by atoms with van der Waals surface area (Å²) < 4.78 is 0.250. The third-order valence-electron chi connectivity index (χ3n) is 4.20. The Morgan fingerprint density at radius 3 is 0.647 bits per heavy atom. The van der Waals surface area contributed by atoms with Crippen LogP contribution in [0.2, 0.25) is 0 Å². The maximum absolute atomic E-state index is 8.48. The summed E-state index contributed by atoms with van der Waals surface area (Å²) in [5, 5.41) is 50.9. The molecular weight excluding hydrogens is 548 g/mol. The Labute approximate surface area is 250 Å². The molecule has 0 aromatic rings. The van der Waals surface area contributed by atoms with Gasteiger partial charge in [-0.25, -0.2) is 0 Å². The normalized spacial score (nSPS) is 10.6. The van der Waals surface area contributed by atoms with Crippen molar-refractivity contribution in [3.8, 4) is 0 Å². The number of aliphatic hydroxyl groups is 6. The molecule has 0 atom stereocenters. The molecule has 208 valence electrons. The molecule has 34 heavy (non-hydrogen) atoms. The maximum Gasteiger partial charge on any atom is 0.0558 e. The standard InChI is InChI=1S/2C6H15NO3.2C5H12S.2Ti/c2*8-4-1-7(2-5-9)3-6-10;2*1-4-5(2,3)6;;/h2*8-10H,1-6H2;2*6H,4H2,1-3H3;;/p-2. The molecule has 0 heterocycles. The zero-order valence-electron chi connectivity index (χ0n) is 22.3. The Hall–Kier alpha value is 1.81. The van der Waals surface area contributed by atoms with Gasteiger partial charge in [-0.1, -0.05) is 54.4 Å². The van der Waals surface area contributed by atoms with Crippen molar-refractivity contribution in [1.82, 2.24) is 9.80 Å². The van der Waals surface area contributed by atoms with Crippen LogP contribution in [0.5, 0.6) is 0 Å². The molecule has 12 heteroatoms. The molecule has 0 fully saturated rings. The number of hydrogen-bond donors (Lipinski definition) is 6. The smallest absolute Gasteiger partial charge is 0.0558 e. The molecule has 0 bridgehead atoms. The quantitative estimate of drug-likeness (QED) is 0.120. The Balaban J connectivity index is -0.0000000775. The van der Waals surface area contributed by atoms with Gasteiger partial charge in [-0.05, 0) is 0 Å². The van der Waals surface area contributed by atoms with E-state index in [0.29, 0.717) is 39.3 Å². The van der Waals surface area contributed by atoms with Crippen LogP contribution >= 0.6 is 0 Å². The minimum Gasteiger partial charge on any atom is -0.786 e. The molecule has 0 aliphatic carbocycles. The first-order valence-electron chi connectivity index (χ1n) is 11.3. The second kappa shape index (κ2) is 34.8. The van der Waals surface area contributed by atoms with Crippen LogP contribution in [0.15, 0.2) is 0 Å². The van der Waals surface area contributed by atoms with Gasteiger partial charge < -0.3 is 55.9 Å². The van der Waals surface area contributed by atoms with E-state index >= 15 is 0 Å². The summed E-state index contributed by atoms with van der Waals surface area (Å²) in [7, 11) is 0. The second-order valence-corrected chi connectivity index (χ2v) is 10.5. The minimum atomic E-state index is 0. The van der Waals surface area contributed by atoms with Crippen LogP contribution < -0.4 is 0 Å². The van der Waals surface area contributed by atoms with Gasteiger partial charge in [-0.3, -0.25) is 9.80 Å². The van der Waals surface area contributed by atoms with Crippen molar-refractivity contribution < 1.29 is 74.1 Å². The van der Waals surface area contributed by atoms with Gasteiger partial charge in [0, 0.05) is 82.7 Å². The fraction of sp³-hybridized carbons (Fsp3) is 1.00. The topological polar surface area (TPSA) is 128 Å². The molecule has 0 aliphatic rings. The molecule has 6 N–H and O–H groups in total. The Morgan fingerprint density at radius 2 is 0.588 bits per heavy atom. The zero-order valence-corrected chi connectivity index (χ0v) is 27.0. The molecule has 0 amide bonds. The first-order valence-corrected chi connectivity index (χ1v) is 12.1. The summed E-state index contributed by atoms with van der Waals surface area (Å²) in [4.78, 5) is 3.58. The van der Waals surface area contributed by atoms with E-state index in [1.165, 1.54) is 0 Å². The van der Waals surface area contributed by atoms with Crippen LogP contribution in [-0.2, 0) is 68.7 Å².